The van der Waals surface area contributed by atoms with Crippen LogP contribution in [0.15, 0.2) is 12.4 Å². The molecule has 0 aliphatic carbocycles. The van der Waals surface area contributed by atoms with E-state index in [4.69, 9.17) is 4.74 Å². The third kappa shape index (κ3) is 4.36. The van der Waals surface area contributed by atoms with Crippen LogP contribution in [0.25, 0.3) is 0 Å². The van der Waals surface area contributed by atoms with Gasteiger partial charge in [0.1, 0.15) is 11.4 Å². The summed E-state index contributed by atoms with van der Waals surface area (Å²) >= 11 is 0. The fourth-order valence-electron chi connectivity index (χ4n) is 3.83. The lowest BCUT2D eigenvalue weighted by Gasteiger charge is -2.42. The monoisotopic (exact) mass is 425 g/mol. The van der Waals surface area contributed by atoms with Crippen LogP contribution in [0, 0.1) is 6.92 Å². The first-order chi connectivity index (χ1) is 14.3. The lowest BCUT2D eigenvalue weighted by atomic mass is 10.0. The lowest BCUT2D eigenvalue weighted by molar-refractivity contribution is -0.137. The molecular weight excluding hydrogens is 399 g/mol. The molecule has 2 fully saturated rings. The SMILES string of the molecule is CCNc1nc(Nc2cn([C@H]3CCCN(C4COC4)C3)nc2C)ncc1C(F)(F)F. The number of ether oxygens (including phenoxy) is 1. The number of aryl methyl sites for hydroxylation is 1. The fraction of sp³-hybridized carbons (Fsp3) is 0.632. The minimum Gasteiger partial charge on any atom is -0.378 e. The minimum absolute atomic E-state index is 0.0958. The number of nitrogens with zero attached hydrogens (tertiary/aromatic N) is 5. The van der Waals surface area contributed by atoms with E-state index >= 15 is 0 Å². The second-order valence-electron chi connectivity index (χ2n) is 7.70. The Balaban J connectivity index is 1.50. The van der Waals surface area contributed by atoms with Crippen LogP contribution in [0.3, 0.4) is 0 Å². The van der Waals surface area contributed by atoms with E-state index in [1.807, 2.05) is 17.8 Å². The Bertz CT molecular complexity index is 881. The average molecular weight is 425 g/mol. The number of likely N-dealkylation sites (tertiary alicyclic amines) is 1. The van der Waals surface area contributed by atoms with E-state index in [1.165, 1.54) is 0 Å². The van der Waals surface area contributed by atoms with Crippen molar-refractivity contribution < 1.29 is 17.9 Å². The summed E-state index contributed by atoms with van der Waals surface area (Å²) in [5.74, 6) is -0.142. The Hall–Kier alpha value is -2.40. The van der Waals surface area contributed by atoms with Crippen LogP contribution in [0.4, 0.5) is 30.6 Å². The summed E-state index contributed by atoms with van der Waals surface area (Å²) in [4.78, 5) is 10.3. The van der Waals surface area contributed by atoms with Gasteiger partial charge in [-0.3, -0.25) is 9.58 Å². The Morgan fingerprint density at radius 1 is 1.27 bits per heavy atom. The Labute approximate surface area is 172 Å². The molecule has 11 heteroatoms. The summed E-state index contributed by atoms with van der Waals surface area (Å²) in [5.41, 5.74) is 0.540. The molecule has 164 valence electrons. The summed E-state index contributed by atoms with van der Waals surface area (Å²) < 4.78 is 46.7. The average Bonchev–Trinajstić information content (AvgIpc) is 3.01. The molecule has 2 saturated heterocycles. The maximum Gasteiger partial charge on any atom is 0.421 e. The van der Waals surface area contributed by atoms with E-state index in [1.54, 1.807) is 6.92 Å². The number of anilines is 3. The molecule has 8 nitrogen and oxygen atoms in total. The molecule has 0 aromatic carbocycles. The van der Waals surface area contributed by atoms with Crippen molar-refractivity contribution in [3.8, 4) is 0 Å². The van der Waals surface area contributed by atoms with Crippen LogP contribution in [-0.4, -0.2) is 63.5 Å². The molecule has 0 unspecified atom stereocenters. The number of hydrogen-bond acceptors (Lipinski definition) is 7. The van der Waals surface area contributed by atoms with Gasteiger partial charge in [-0.2, -0.15) is 23.3 Å². The third-order valence-corrected chi connectivity index (χ3v) is 5.54. The number of piperidine rings is 1. The van der Waals surface area contributed by atoms with Crippen LogP contribution in [-0.2, 0) is 10.9 Å². The summed E-state index contributed by atoms with van der Waals surface area (Å²) in [5, 5.41) is 10.3. The first kappa shape index (κ1) is 20.9. The van der Waals surface area contributed by atoms with Crippen molar-refractivity contribution in [2.45, 2.75) is 44.9 Å². The molecule has 0 saturated carbocycles. The van der Waals surface area contributed by atoms with Crippen molar-refractivity contribution in [1.82, 2.24) is 24.6 Å². The molecule has 0 amide bonds. The quantitative estimate of drug-likeness (QED) is 0.736. The van der Waals surface area contributed by atoms with Crippen LogP contribution >= 0.6 is 0 Å². The van der Waals surface area contributed by atoms with Crippen molar-refractivity contribution >= 4 is 17.5 Å². The second-order valence-corrected chi connectivity index (χ2v) is 7.70. The van der Waals surface area contributed by atoms with Gasteiger partial charge in [0.25, 0.3) is 0 Å². The topological polar surface area (TPSA) is 80.1 Å². The van der Waals surface area contributed by atoms with Crippen molar-refractivity contribution in [1.29, 1.82) is 0 Å². The van der Waals surface area contributed by atoms with Gasteiger partial charge in [0.2, 0.25) is 5.95 Å². The number of hydrogen-bond donors (Lipinski definition) is 2. The van der Waals surface area contributed by atoms with Crippen molar-refractivity contribution in [3.05, 3.63) is 23.7 Å². The van der Waals surface area contributed by atoms with E-state index in [0.29, 0.717) is 18.3 Å². The molecule has 0 bridgehead atoms. The zero-order valence-electron chi connectivity index (χ0n) is 17.0. The highest BCUT2D eigenvalue weighted by molar-refractivity contribution is 5.58. The number of rotatable bonds is 6. The standard InChI is InChI=1S/C19H26F3N7O/c1-3-23-17-15(19(20,21)22)7-24-18(26-17)25-16-9-29(27-12(16)2)13-5-4-6-28(8-13)14-10-30-11-14/h7,9,13-14H,3-6,8,10-11H2,1-2H3,(H2,23,24,25,26)/t13-/m0/s1. The molecule has 4 heterocycles. The maximum absolute atomic E-state index is 13.2. The molecule has 2 aliphatic heterocycles. The molecule has 30 heavy (non-hydrogen) atoms. The van der Waals surface area contributed by atoms with Gasteiger partial charge in [-0.05, 0) is 33.2 Å². The van der Waals surface area contributed by atoms with Gasteiger partial charge >= 0.3 is 6.18 Å². The zero-order chi connectivity index (χ0) is 21.3. The Morgan fingerprint density at radius 3 is 2.73 bits per heavy atom. The highest BCUT2D eigenvalue weighted by Crippen LogP contribution is 2.34. The van der Waals surface area contributed by atoms with Gasteiger partial charge in [0.15, 0.2) is 0 Å². The lowest BCUT2D eigenvalue weighted by Crippen LogP contribution is -2.52. The number of alkyl halides is 3. The second kappa shape index (κ2) is 8.38. The predicted molar refractivity (Wildman–Crippen MR) is 106 cm³/mol. The number of aromatic nitrogens is 4. The summed E-state index contributed by atoms with van der Waals surface area (Å²) in [6.07, 6.45) is 0.291. The molecule has 0 spiro atoms. The van der Waals surface area contributed by atoms with Gasteiger partial charge < -0.3 is 15.4 Å². The molecule has 4 rings (SSSR count). The number of nitrogens with one attached hydrogen (secondary N) is 2. The molecular formula is C19H26F3N7O. The molecule has 0 radical (unpaired) electrons. The largest absolute Gasteiger partial charge is 0.421 e. The van der Waals surface area contributed by atoms with Crippen LogP contribution < -0.4 is 10.6 Å². The van der Waals surface area contributed by atoms with Crippen LogP contribution in [0.5, 0.6) is 0 Å². The smallest absolute Gasteiger partial charge is 0.378 e. The van der Waals surface area contributed by atoms with Crippen LogP contribution in [0.2, 0.25) is 0 Å². The van der Waals surface area contributed by atoms with Crippen molar-refractivity contribution in [2.75, 3.05) is 43.5 Å². The normalized spacial score (nSPS) is 20.8. The van der Waals surface area contributed by atoms with E-state index in [9.17, 15) is 13.2 Å². The van der Waals surface area contributed by atoms with Gasteiger partial charge in [0.05, 0.1) is 36.7 Å². The predicted octanol–water partition coefficient (Wildman–Crippen LogP) is 3.21. The van der Waals surface area contributed by atoms with Crippen molar-refractivity contribution in [2.24, 2.45) is 0 Å². The van der Waals surface area contributed by atoms with Gasteiger partial charge in [0, 0.05) is 25.5 Å². The molecule has 2 N–H and O–H groups in total. The van der Waals surface area contributed by atoms with Gasteiger partial charge in [-0.25, -0.2) is 4.98 Å². The maximum atomic E-state index is 13.2. The van der Waals surface area contributed by atoms with E-state index in [2.05, 4.69) is 30.6 Å². The number of halogens is 3. The van der Waals surface area contributed by atoms with E-state index in [-0.39, 0.29) is 17.8 Å². The van der Waals surface area contributed by atoms with Crippen LogP contribution in [0.1, 0.15) is 37.1 Å². The first-order valence-electron chi connectivity index (χ1n) is 10.2. The Morgan fingerprint density at radius 2 is 2.07 bits per heavy atom. The fourth-order valence-corrected chi connectivity index (χ4v) is 3.83. The molecule has 1 atom stereocenters. The van der Waals surface area contributed by atoms with Gasteiger partial charge in [-0.1, -0.05) is 0 Å². The summed E-state index contributed by atoms with van der Waals surface area (Å²) in [7, 11) is 0. The highest BCUT2D eigenvalue weighted by atomic mass is 19.4. The summed E-state index contributed by atoms with van der Waals surface area (Å²) in [6.45, 7) is 7.45. The molecule has 2 aliphatic rings. The highest BCUT2D eigenvalue weighted by Gasteiger charge is 2.35. The van der Waals surface area contributed by atoms with E-state index < -0.39 is 11.7 Å². The molecule has 2 aromatic heterocycles. The Kier molecular flexibility index (Phi) is 5.83. The third-order valence-electron chi connectivity index (χ3n) is 5.54. The van der Waals surface area contributed by atoms with Gasteiger partial charge in [-0.15, -0.1) is 0 Å². The zero-order valence-corrected chi connectivity index (χ0v) is 17.0. The van der Waals surface area contributed by atoms with E-state index in [0.717, 1.165) is 51.0 Å². The van der Waals surface area contributed by atoms with Crippen molar-refractivity contribution in [3.63, 3.8) is 0 Å². The first-order valence-corrected chi connectivity index (χ1v) is 10.2. The summed E-state index contributed by atoms with van der Waals surface area (Å²) in [6, 6.07) is 0.742. The molecule has 2 aromatic rings. The minimum atomic E-state index is -4.52.